The number of hydrogen-bond acceptors (Lipinski definition) is 3. The highest BCUT2D eigenvalue weighted by Gasteiger charge is 2.21. The Hall–Kier alpha value is -2.08. The average molecular weight is 294 g/mol. The number of aryl methyl sites for hydroxylation is 2. The van der Waals surface area contributed by atoms with E-state index in [9.17, 15) is 12.8 Å². The van der Waals surface area contributed by atoms with Crippen LogP contribution in [0.2, 0.25) is 0 Å². The van der Waals surface area contributed by atoms with Crippen molar-refractivity contribution in [2.45, 2.75) is 18.7 Å². The van der Waals surface area contributed by atoms with Gasteiger partial charge in [0, 0.05) is 0 Å². The molecule has 2 aromatic carbocycles. The van der Waals surface area contributed by atoms with Gasteiger partial charge in [0.25, 0.3) is 10.0 Å². The number of anilines is 2. The van der Waals surface area contributed by atoms with Crippen LogP contribution in [0.5, 0.6) is 0 Å². The van der Waals surface area contributed by atoms with Gasteiger partial charge in [-0.05, 0) is 43.2 Å². The molecule has 3 N–H and O–H groups in total. The normalized spacial score (nSPS) is 11.3. The van der Waals surface area contributed by atoms with Crippen LogP contribution in [0, 0.1) is 19.7 Å². The van der Waals surface area contributed by atoms with Gasteiger partial charge < -0.3 is 5.73 Å². The molecule has 0 saturated carbocycles. The SMILES string of the molecule is Cc1ccc(C)c(S(=O)(=O)Nc2cccc(F)c2)c1N. The molecular formula is C14H15FN2O2S. The van der Waals surface area contributed by atoms with Crippen molar-refractivity contribution < 1.29 is 12.8 Å². The summed E-state index contributed by atoms with van der Waals surface area (Å²) < 4.78 is 40.2. The van der Waals surface area contributed by atoms with Crippen molar-refractivity contribution in [2.75, 3.05) is 10.5 Å². The topological polar surface area (TPSA) is 72.2 Å². The van der Waals surface area contributed by atoms with E-state index in [0.717, 1.165) is 6.07 Å². The number of halogens is 1. The summed E-state index contributed by atoms with van der Waals surface area (Å²) in [5.41, 5.74) is 7.44. The summed E-state index contributed by atoms with van der Waals surface area (Å²) in [6, 6.07) is 8.70. The monoisotopic (exact) mass is 294 g/mol. The number of nitrogen functional groups attached to an aromatic ring is 1. The van der Waals surface area contributed by atoms with E-state index in [1.807, 2.05) is 0 Å². The third-order valence-corrected chi connectivity index (χ3v) is 4.54. The van der Waals surface area contributed by atoms with E-state index < -0.39 is 15.8 Å². The Bertz CT molecular complexity index is 758. The number of nitrogens with one attached hydrogen (secondary N) is 1. The summed E-state index contributed by atoms with van der Waals surface area (Å²) in [6.45, 7) is 3.39. The molecule has 106 valence electrons. The predicted octanol–water partition coefficient (Wildman–Crippen LogP) is 2.83. The van der Waals surface area contributed by atoms with Crippen LogP contribution in [0.25, 0.3) is 0 Å². The minimum absolute atomic E-state index is 0.0294. The first-order valence-electron chi connectivity index (χ1n) is 5.95. The number of hydrogen-bond donors (Lipinski definition) is 2. The van der Waals surface area contributed by atoms with Crippen LogP contribution < -0.4 is 10.5 Å². The summed E-state index contributed by atoms with van der Waals surface area (Å²) in [5.74, 6) is -0.515. The Morgan fingerprint density at radius 3 is 2.40 bits per heavy atom. The van der Waals surface area contributed by atoms with Gasteiger partial charge in [0.2, 0.25) is 0 Å². The van der Waals surface area contributed by atoms with Gasteiger partial charge in [0.1, 0.15) is 10.7 Å². The lowest BCUT2D eigenvalue weighted by molar-refractivity contribution is 0.601. The van der Waals surface area contributed by atoms with Crippen LogP contribution in [0.15, 0.2) is 41.3 Å². The molecule has 0 fully saturated rings. The van der Waals surface area contributed by atoms with Crippen molar-refractivity contribution in [1.29, 1.82) is 0 Å². The van der Waals surface area contributed by atoms with Gasteiger partial charge in [0.15, 0.2) is 0 Å². The molecule has 2 rings (SSSR count). The van der Waals surface area contributed by atoms with Gasteiger partial charge in [-0.3, -0.25) is 4.72 Å². The second-order valence-electron chi connectivity index (χ2n) is 4.56. The van der Waals surface area contributed by atoms with Crippen molar-refractivity contribution >= 4 is 21.4 Å². The molecule has 0 amide bonds. The quantitative estimate of drug-likeness (QED) is 0.855. The molecule has 0 saturated heterocycles. The van der Waals surface area contributed by atoms with E-state index >= 15 is 0 Å². The first kappa shape index (κ1) is 14.3. The summed E-state index contributed by atoms with van der Waals surface area (Å²) in [7, 11) is -3.86. The van der Waals surface area contributed by atoms with Crippen molar-refractivity contribution in [2.24, 2.45) is 0 Å². The van der Waals surface area contributed by atoms with Gasteiger partial charge in [-0.25, -0.2) is 12.8 Å². The molecule has 0 radical (unpaired) electrons. The Labute approximate surface area is 117 Å². The smallest absolute Gasteiger partial charge is 0.264 e. The summed E-state index contributed by atoms with van der Waals surface area (Å²) in [4.78, 5) is 0.0294. The lowest BCUT2D eigenvalue weighted by atomic mass is 10.1. The Balaban J connectivity index is 2.49. The molecule has 4 nitrogen and oxygen atoms in total. The fourth-order valence-corrected chi connectivity index (χ4v) is 3.40. The van der Waals surface area contributed by atoms with E-state index in [0.29, 0.717) is 11.1 Å². The third kappa shape index (κ3) is 2.75. The first-order chi connectivity index (χ1) is 9.31. The third-order valence-electron chi connectivity index (χ3n) is 2.96. The number of benzene rings is 2. The maximum absolute atomic E-state index is 13.1. The maximum atomic E-state index is 13.1. The van der Waals surface area contributed by atoms with E-state index in [-0.39, 0.29) is 16.3 Å². The maximum Gasteiger partial charge on any atom is 0.264 e. The zero-order valence-electron chi connectivity index (χ0n) is 11.1. The molecule has 0 heterocycles. The van der Waals surface area contributed by atoms with Crippen LogP contribution in [0.1, 0.15) is 11.1 Å². The second kappa shape index (κ2) is 5.13. The minimum Gasteiger partial charge on any atom is -0.397 e. The van der Waals surface area contributed by atoms with Crippen LogP contribution in [0.3, 0.4) is 0 Å². The predicted molar refractivity (Wildman–Crippen MR) is 77.5 cm³/mol. The standard InChI is InChI=1S/C14H15FN2O2S/c1-9-6-7-10(2)14(13(9)16)20(18,19)17-12-5-3-4-11(15)8-12/h3-8,17H,16H2,1-2H3. The fraction of sp³-hybridized carbons (Fsp3) is 0.143. The largest absolute Gasteiger partial charge is 0.397 e. The minimum atomic E-state index is -3.86. The summed E-state index contributed by atoms with van der Waals surface area (Å²) >= 11 is 0. The highest BCUT2D eigenvalue weighted by Crippen LogP contribution is 2.27. The summed E-state index contributed by atoms with van der Waals surface area (Å²) in [5, 5.41) is 0. The molecule has 20 heavy (non-hydrogen) atoms. The van der Waals surface area contributed by atoms with E-state index in [2.05, 4.69) is 4.72 Å². The number of sulfonamides is 1. The molecule has 0 atom stereocenters. The average Bonchev–Trinajstić information content (AvgIpc) is 2.33. The molecule has 2 aromatic rings. The summed E-state index contributed by atoms with van der Waals surface area (Å²) in [6.07, 6.45) is 0. The van der Waals surface area contributed by atoms with Gasteiger partial charge in [-0.2, -0.15) is 0 Å². The second-order valence-corrected chi connectivity index (χ2v) is 6.18. The van der Waals surface area contributed by atoms with Gasteiger partial charge >= 0.3 is 0 Å². The van der Waals surface area contributed by atoms with E-state index in [1.165, 1.54) is 18.2 Å². The van der Waals surface area contributed by atoms with E-state index in [1.54, 1.807) is 26.0 Å². The van der Waals surface area contributed by atoms with Crippen LogP contribution >= 0.6 is 0 Å². The van der Waals surface area contributed by atoms with Crippen molar-refractivity contribution in [1.82, 2.24) is 0 Å². The van der Waals surface area contributed by atoms with Crippen molar-refractivity contribution in [3.05, 3.63) is 53.3 Å². The highest BCUT2D eigenvalue weighted by atomic mass is 32.2. The first-order valence-corrected chi connectivity index (χ1v) is 7.43. The fourth-order valence-electron chi connectivity index (χ4n) is 1.92. The molecule has 0 aliphatic rings. The Kier molecular flexibility index (Phi) is 3.67. The van der Waals surface area contributed by atoms with Gasteiger partial charge in [0.05, 0.1) is 11.4 Å². The zero-order chi connectivity index (χ0) is 14.9. The molecule has 0 aliphatic heterocycles. The Morgan fingerprint density at radius 2 is 1.75 bits per heavy atom. The zero-order valence-corrected chi connectivity index (χ0v) is 12.0. The van der Waals surface area contributed by atoms with Crippen LogP contribution in [-0.4, -0.2) is 8.42 Å². The van der Waals surface area contributed by atoms with Crippen LogP contribution in [-0.2, 0) is 10.0 Å². The molecular weight excluding hydrogens is 279 g/mol. The molecule has 0 spiro atoms. The lowest BCUT2D eigenvalue weighted by Crippen LogP contribution is -2.17. The molecule has 0 aromatic heterocycles. The lowest BCUT2D eigenvalue weighted by Gasteiger charge is -2.14. The molecule has 6 heteroatoms. The highest BCUT2D eigenvalue weighted by molar-refractivity contribution is 7.93. The molecule has 0 bridgehead atoms. The van der Waals surface area contributed by atoms with Gasteiger partial charge in [-0.15, -0.1) is 0 Å². The van der Waals surface area contributed by atoms with E-state index in [4.69, 9.17) is 5.73 Å². The van der Waals surface area contributed by atoms with Gasteiger partial charge in [-0.1, -0.05) is 18.2 Å². The van der Waals surface area contributed by atoms with Crippen molar-refractivity contribution in [3.63, 3.8) is 0 Å². The molecule has 0 unspecified atom stereocenters. The Morgan fingerprint density at radius 1 is 1.10 bits per heavy atom. The number of nitrogens with two attached hydrogens (primary N) is 1. The van der Waals surface area contributed by atoms with Crippen molar-refractivity contribution in [3.8, 4) is 0 Å². The number of rotatable bonds is 3. The van der Waals surface area contributed by atoms with Crippen LogP contribution in [0.4, 0.5) is 15.8 Å². The molecule has 0 aliphatic carbocycles.